The summed E-state index contributed by atoms with van der Waals surface area (Å²) in [6, 6.07) is 0.311. The third kappa shape index (κ3) is 8.52. The zero-order valence-corrected chi connectivity index (χ0v) is 9.89. The van der Waals surface area contributed by atoms with Gasteiger partial charge in [0.05, 0.1) is 6.61 Å². The van der Waals surface area contributed by atoms with Gasteiger partial charge in [-0.1, -0.05) is 46.0 Å². The second-order valence-electron chi connectivity index (χ2n) is 4.01. The summed E-state index contributed by atoms with van der Waals surface area (Å²) >= 11 is 0. The van der Waals surface area contributed by atoms with E-state index in [0.29, 0.717) is 6.04 Å². The average Bonchev–Trinajstić information content (AvgIpc) is 2.22. The average molecular weight is 201 g/mol. The molecule has 0 aliphatic heterocycles. The van der Waals surface area contributed by atoms with Crippen molar-refractivity contribution in [2.45, 2.75) is 64.8 Å². The molecule has 0 rings (SSSR count). The Bertz CT molecular complexity index is 102. The lowest BCUT2D eigenvalue weighted by atomic mass is 10.1. The molecule has 1 atom stereocenters. The number of aliphatic hydroxyl groups is 1. The minimum Gasteiger partial charge on any atom is -0.395 e. The Labute approximate surface area is 89.1 Å². The Balaban J connectivity index is 3.04. The summed E-state index contributed by atoms with van der Waals surface area (Å²) in [4.78, 5) is 0. The van der Waals surface area contributed by atoms with Gasteiger partial charge in [-0.25, -0.2) is 0 Å². The maximum Gasteiger partial charge on any atom is 0.0584 e. The van der Waals surface area contributed by atoms with Gasteiger partial charge in [0.15, 0.2) is 0 Å². The molecule has 0 fully saturated rings. The first kappa shape index (κ1) is 13.9. The van der Waals surface area contributed by atoms with Crippen LogP contribution in [0.3, 0.4) is 0 Å². The number of unbranched alkanes of at least 4 members (excludes halogenated alkanes) is 5. The van der Waals surface area contributed by atoms with Crippen molar-refractivity contribution in [1.82, 2.24) is 5.32 Å². The minimum absolute atomic E-state index is 0.270. The highest BCUT2D eigenvalue weighted by Crippen LogP contribution is 2.04. The topological polar surface area (TPSA) is 32.3 Å². The van der Waals surface area contributed by atoms with Gasteiger partial charge in [0.25, 0.3) is 0 Å². The van der Waals surface area contributed by atoms with Gasteiger partial charge in [-0.15, -0.1) is 0 Å². The van der Waals surface area contributed by atoms with E-state index in [1.807, 2.05) is 0 Å². The molecule has 0 heterocycles. The van der Waals surface area contributed by atoms with E-state index < -0.39 is 0 Å². The summed E-state index contributed by atoms with van der Waals surface area (Å²) in [5.74, 6) is 0. The standard InChI is InChI=1S/C12H27NO/c1-3-5-6-7-8-9-10-13-12(4-2)11-14/h12-14H,3-11H2,1-2H3/t12-/m0/s1. The minimum atomic E-state index is 0.270. The molecule has 0 amide bonds. The molecule has 0 bridgehead atoms. The van der Waals surface area contributed by atoms with Gasteiger partial charge < -0.3 is 10.4 Å². The molecule has 14 heavy (non-hydrogen) atoms. The third-order valence-electron chi connectivity index (χ3n) is 2.68. The fraction of sp³-hybridized carbons (Fsp3) is 1.00. The molecule has 0 aromatic rings. The van der Waals surface area contributed by atoms with Crippen LogP contribution in [0.4, 0.5) is 0 Å². The number of rotatable bonds is 10. The van der Waals surface area contributed by atoms with Crippen molar-refractivity contribution in [2.75, 3.05) is 13.2 Å². The Kier molecular flexibility index (Phi) is 10.9. The summed E-state index contributed by atoms with van der Waals surface area (Å²) in [7, 11) is 0. The van der Waals surface area contributed by atoms with Gasteiger partial charge in [0, 0.05) is 6.04 Å². The fourth-order valence-corrected chi connectivity index (χ4v) is 1.55. The van der Waals surface area contributed by atoms with E-state index in [1.54, 1.807) is 0 Å². The zero-order valence-electron chi connectivity index (χ0n) is 9.89. The van der Waals surface area contributed by atoms with Crippen LogP contribution in [0.25, 0.3) is 0 Å². The largest absolute Gasteiger partial charge is 0.395 e. The lowest BCUT2D eigenvalue weighted by Crippen LogP contribution is -2.32. The van der Waals surface area contributed by atoms with Gasteiger partial charge in [-0.3, -0.25) is 0 Å². The van der Waals surface area contributed by atoms with Crippen molar-refractivity contribution in [3.8, 4) is 0 Å². The first-order valence-corrected chi connectivity index (χ1v) is 6.19. The summed E-state index contributed by atoms with van der Waals surface area (Å²) in [5.41, 5.74) is 0. The van der Waals surface area contributed by atoms with Crippen LogP contribution in [-0.2, 0) is 0 Å². The first-order valence-electron chi connectivity index (χ1n) is 6.19. The number of aliphatic hydroxyl groups excluding tert-OH is 1. The highest BCUT2D eigenvalue weighted by molar-refractivity contribution is 4.62. The molecule has 0 aliphatic rings. The Morgan fingerprint density at radius 3 is 2.21 bits per heavy atom. The molecule has 0 radical (unpaired) electrons. The normalized spacial score (nSPS) is 13.1. The maximum atomic E-state index is 8.94. The second kappa shape index (κ2) is 11.0. The molecule has 0 aromatic carbocycles. The molecule has 2 N–H and O–H groups in total. The lowest BCUT2D eigenvalue weighted by molar-refractivity contribution is 0.238. The molecule has 0 unspecified atom stereocenters. The molecule has 2 heteroatoms. The summed E-state index contributed by atoms with van der Waals surface area (Å²) in [5, 5.41) is 12.3. The molecule has 0 aromatic heterocycles. The van der Waals surface area contributed by atoms with E-state index >= 15 is 0 Å². The van der Waals surface area contributed by atoms with Crippen LogP contribution >= 0.6 is 0 Å². The van der Waals surface area contributed by atoms with Crippen molar-refractivity contribution in [2.24, 2.45) is 0 Å². The molecule has 0 aliphatic carbocycles. The number of nitrogens with one attached hydrogen (secondary N) is 1. The summed E-state index contributed by atoms with van der Waals surface area (Å²) in [6.07, 6.45) is 9.04. The molecule has 0 saturated carbocycles. The van der Waals surface area contributed by atoms with Crippen LogP contribution in [0.1, 0.15) is 58.8 Å². The Morgan fingerprint density at radius 1 is 1.00 bits per heavy atom. The van der Waals surface area contributed by atoms with Crippen LogP contribution < -0.4 is 5.32 Å². The Morgan fingerprint density at radius 2 is 1.64 bits per heavy atom. The van der Waals surface area contributed by atoms with Crippen molar-refractivity contribution < 1.29 is 5.11 Å². The second-order valence-corrected chi connectivity index (χ2v) is 4.01. The zero-order chi connectivity index (χ0) is 10.6. The smallest absolute Gasteiger partial charge is 0.0584 e. The van der Waals surface area contributed by atoms with Gasteiger partial charge in [0.1, 0.15) is 0 Å². The van der Waals surface area contributed by atoms with Crippen molar-refractivity contribution >= 4 is 0 Å². The van der Waals surface area contributed by atoms with Gasteiger partial charge in [-0.2, -0.15) is 0 Å². The molecule has 0 saturated heterocycles. The van der Waals surface area contributed by atoms with E-state index in [1.165, 1.54) is 38.5 Å². The maximum absolute atomic E-state index is 8.94. The monoisotopic (exact) mass is 201 g/mol. The van der Waals surface area contributed by atoms with E-state index in [9.17, 15) is 0 Å². The molecule has 2 nitrogen and oxygen atoms in total. The third-order valence-corrected chi connectivity index (χ3v) is 2.68. The van der Waals surface area contributed by atoms with Crippen LogP contribution in [0, 0.1) is 0 Å². The SMILES string of the molecule is CCCCCCCCN[C@@H](CC)CO. The summed E-state index contributed by atoms with van der Waals surface area (Å²) in [6.45, 7) is 5.68. The predicted molar refractivity (Wildman–Crippen MR) is 62.5 cm³/mol. The molecule has 86 valence electrons. The molecule has 0 spiro atoms. The predicted octanol–water partition coefficient (Wildman–Crippen LogP) is 2.71. The molecular formula is C12H27NO. The lowest BCUT2D eigenvalue weighted by Gasteiger charge is -2.13. The highest BCUT2D eigenvalue weighted by Gasteiger charge is 2.01. The van der Waals surface area contributed by atoms with Gasteiger partial charge in [0.2, 0.25) is 0 Å². The molecular weight excluding hydrogens is 174 g/mol. The quantitative estimate of drug-likeness (QED) is 0.533. The van der Waals surface area contributed by atoms with Crippen LogP contribution in [0.5, 0.6) is 0 Å². The van der Waals surface area contributed by atoms with Gasteiger partial charge >= 0.3 is 0 Å². The van der Waals surface area contributed by atoms with E-state index in [2.05, 4.69) is 19.2 Å². The fourth-order valence-electron chi connectivity index (χ4n) is 1.55. The van der Waals surface area contributed by atoms with Crippen LogP contribution in [-0.4, -0.2) is 24.3 Å². The van der Waals surface area contributed by atoms with Gasteiger partial charge in [-0.05, 0) is 19.4 Å². The van der Waals surface area contributed by atoms with Crippen molar-refractivity contribution in [3.63, 3.8) is 0 Å². The van der Waals surface area contributed by atoms with E-state index in [0.717, 1.165) is 13.0 Å². The number of hydrogen-bond acceptors (Lipinski definition) is 2. The highest BCUT2D eigenvalue weighted by atomic mass is 16.3. The van der Waals surface area contributed by atoms with Crippen LogP contribution in [0.15, 0.2) is 0 Å². The van der Waals surface area contributed by atoms with E-state index in [4.69, 9.17) is 5.11 Å². The Hall–Kier alpha value is -0.0800. The van der Waals surface area contributed by atoms with Crippen molar-refractivity contribution in [3.05, 3.63) is 0 Å². The van der Waals surface area contributed by atoms with E-state index in [-0.39, 0.29) is 6.61 Å². The summed E-state index contributed by atoms with van der Waals surface area (Å²) < 4.78 is 0. The number of hydrogen-bond donors (Lipinski definition) is 2. The first-order chi connectivity index (χ1) is 6.85. The van der Waals surface area contributed by atoms with Crippen molar-refractivity contribution in [1.29, 1.82) is 0 Å². The van der Waals surface area contributed by atoms with Crippen LogP contribution in [0.2, 0.25) is 0 Å².